The fourth-order valence-corrected chi connectivity index (χ4v) is 2.83. The van der Waals surface area contributed by atoms with Gasteiger partial charge < -0.3 is 15.8 Å². The minimum Gasteiger partial charge on any atom is -0.491 e. The van der Waals surface area contributed by atoms with Gasteiger partial charge in [-0.05, 0) is 30.2 Å². The number of para-hydroxylation sites is 3. The fraction of sp³-hybridized carbons (Fsp3) is 0.227. The van der Waals surface area contributed by atoms with Crippen molar-refractivity contribution in [3.05, 3.63) is 65.9 Å². The van der Waals surface area contributed by atoms with Crippen molar-refractivity contribution >= 4 is 28.4 Å². The molecule has 0 aliphatic heterocycles. The van der Waals surface area contributed by atoms with Gasteiger partial charge in [-0.3, -0.25) is 14.6 Å². The number of nitrogens with zero attached hydrogens (tertiary/aromatic N) is 1. The van der Waals surface area contributed by atoms with Gasteiger partial charge in [0, 0.05) is 11.1 Å². The number of anilines is 1. The van der Waals surface area contributed by atoms with E-state index >= 15 is 0 Å². The third-order valence-corrected chi connectivity index (χ3v) is 4.31. The predicted octanol–water partition coefficient (Wildman–Crippen LogP) is 3.86. The first kappa shape index (κ1) is 19.4. The van der Waals surface area contributed by atoms with Crippen molar-refractivity contribution in [2.45, 2.75) is 26.2 Å². The molecule has 0 bridgehead atoms. The van der Waals surface area contributed by atoms with Gasteiger partial charge in [-0.25, -0.2) is 0 Å². The number of carbonyl (C=O) groups excluding carboxylic acids is 2. The number of aromatic nitrogens is 1. The van der Waals surface area contributed by atoms with Gasteiger partial charge in [0.1, 0.15) is 5.75 Å². The Balaban J connectivity index is 1.91. The summed E-state index contributed by atoms with van der Waals surface area (Å²) < 4.78 is 5.61. The molecular formula is C22H23N3O3. The van der Waals surface area contributed by atoms with Gasteiger partial charge in [-0.1, -0.05) is 44.2 Å². The largest absolute Gasteiger partial charge is 0.491 e. The van der Waals surface area contributed by atoms with E-state index < -0.39 is 5.91 Å². The number of ether oxygens (including phenoxy) is 1. The quantitative estimate of drug-likeness (QED) is 0.653. The molecule has 0 unspecified atom stereocenters. The van der Waals surface area contributed by atoms with Crippen LogP contribution in [0.1, 0.15) is 42.2 Å². The zero-order valence-electron chi connectivity index (χ0n) is 15.9. The number of benzene rings is 2. The van der Waals surface area contributed by atoms with E-state index in [-0.39, 0.29) is 24.9 Å². The normalized spacial score (nSPS) is 10.8. The molecule has 6 nitrogen and oxygen atoms in total. The van der Waals surface area contributed by atoms with E-state index in [0.29, 0.717) is 17.0 Å². The van der Waals surface area contributed by atoms with Crippen molar-refractivity contribution in [1.29, 1.82) is 0 Å². The summed E-state index contributed by atoms with van der Waals surface area (Å²) in [5.41, 5.74) is 7.87. The number of hydrogen-bond acceptors (Lipinski definition) is 4. The Labute approximate surface area is 163 Å². The Hall–Kier alpha value is -3.41. The molecule has 6 heteroatoms. The average molecular weight is 377 g/mol. The minimum absolute atomic E-state index is 0.106. The van der Waals surface area contributed by atoms with E-state index in [9.17, 15) is 9.59 Å². The zero-order chi connectivity index (χ0) is 20.1. The van der Waals surface area contributed by atoms with E-state index in [1.165, 1.54) is 0 Å². The molecule has 144 valence electrons. The van der Waals surface area contributed by atoms with Crippen LogP contribution in [-0.2, 0) is 4.79 Å². The van der Waals surface area contributed by atoms with Crippen LogP contribution in [0.3, 0.4) is 0 Å². The highest BCUT2D eigenvalue weighted by atomic mass is 16.5. The summed E-state index contributed by atoms with van der Waals surface area (Å²) in [6.45, 7) is 4.24. The number of rotatable bonds is 7. The van der Waals surface area contributed by atoms with Crippen molar-refractivity contribution in [3.8, 4) is 5.75 Å². The van der Waals surface area contributed by atoms with E-state index in [4.69, 9.17) is 10.5 Å². The lowest BCUT2D eigenvalue weighted by Gasteiger charge is -2.14. The van der Waals surface area contributed by atoms with Gasteiger partial charge in [-0.2, -0.15) is 0 Å². The molecule has 0 aliphatic carbocycles. The first-order valence-electron chi connectivity index (χ1n) is 9.17. The van der Waals surface area contributed by atoms with Gasteiger partial charge in [0.25, 0.3) is 5.91 Å². The summed E-state index contributed by atoms with van der Waals surface area (Å²) in [6.07, 6.45) is 0.106. The maximum atomic E-state index is 13.1. The number of nitrogens with two attached hydrogens (primary N) is 1. The van der Waals surface area contributed by atoms with Crippen LogP contribution in [0.15, 0.2) is 54.6 Å². The van der Waals surface area contributed by atoms with Crippen LogP contribution in [0.25, 0.3) is 10.9 Å². The Kier molecular flexibility index (Phi) is 5.89. The second-order valence-electron chi connectivity index (χ2n) is 6.78. The van der Waals surface area contributed by atoms with Crippen LogP contribution in [-0.4, -0.2) is 23.4 Å². The Morgan fingerprint density at radius 2 is 1.82 bits per heavy atom. The van der Waals surface area contributed by atoms with Crippen molar-refractivity contribution in [1.82, 2.24) is 4.98 Å². The van der Waals surface area contributed by atoms with Crippen molar-refractivity contribution in [2.75, 3.05) is 11.9 Å². The number of pyridine rings is 1. The van der Waals surface area contributed by atoms with Crippen molar-refractivity contribution < 1.29 is 14.3 Å². The molecule has 0 spiro atoms. The average Bonchev–Trinajstić information content (AvgIpc) is 2.68. The Morgan fingerprint density at radius 3 is 2.57 bits per heavy atom. The molecule has 0 fully saturated rings. The smallest absolute Gasteiger partial charge is 0.256 e. The molecule has 3 aromatic rings. The second kappa shape index (κ2) is 8.52. The second-order valence-corrected chi connectivity index (χ2v) is 6.78. The maximum Gasteiger partial charge on any atom is 0.256 e. The van der Waals surface area contributed by atoms with Crippen molar-refractivity contribution in [3.63, 3.8) is 0 Å². The molecule has 0 atom stereocenters. The standard InChI is InChI=1S/C22H23N3O3/c1-14(2)19-13-16(15-7-3-4-8-17(15)24-19)22(27)25-18-9-5-6-10-20(18)28-12-11-21(23)26/h3-10,13-14H,11-12H2,1-2H3,(H2,23,26)(H,25,27). The van der Waals surface area contributed by atoms with Gasteiger partial charge in [0.15, 0.2) is 0 Å². The Morgan fingerprint density at radius 1 is 1.11 bits per heavy atom. The monoisotopic (exact) mass is 377 g/mol. The molecule has 0 saturated heterocycles. The molecular weight excluding hydrogens is 354 g/mol. The molecule has 0 aliphatic rings. The lowest BCUT2D eigenvalue weighted by atomic mass is 10.0. The lowest BCUT2D eigenvalue weighted by molar-refractivity contribution is -0.118. The van der Waals surface area contributed by atoms with Crippen LogP contribution < -0.4 is 15.8 Å². The van der Waals surface area contributed by atoms with Gasteiger partial charge in [0.2, 0.25) is 5.91 Å². The number of hydrogen-bond donors (Lipinski definition) is 2. The first-order chi connectivity index (χ1) is 13.5. The van der Waals surface area contributed by atoms with E-state index in [0.717, 1.165) is 16.6 Å². The van der Waals surface area contributed by atoms with Crippen LogP contribution in [0.5, 0.6) is 5.75 Å². The van der Waals surface area contributed by atoms with Crippen molar-refractivity contribution in [2.24, 2.45) is 5.73 Å². The molecule has 0 radical (unpaired) electrons. The summed E-state index contributed by atoms with van der Waals surface area (Å²) in [6, 6.07) is 16.5. The highest BCUT2D eigenvalue weighted by Gasteiger charge is 2.16. The molecule has 3 N–H and O–H groups in total. The van der Waals surface area contributed by atoms with Crippen LogP contribution in [0.2, 0.25) is 0 Å². The zero-order valence-corrected chi connectivity index (χ0v) is 15.9. The highest BCUT2D eigenvalue weighted by Crippen LogP contribution is 2.27. The Bertz CT molecular complexity index is 1010. The molecule has 0 saturated carbocycles. The summed E-state index contributed by atoms with van der Waals surface area (Å²) in [7, 11) is 0. The van der Waals surface area contributed by atoms with E-state index in [2.05, 4.69) is 10.3 Å². The molecule has 28 heavy (non-hydrogen) atoms. The van der Waals surface area contributed by atoms with Gasteiger partial charge in [0.05, 0.1) is 29.8 Å². The maximum absolute atomic E-state index is 13.1. The number of fused-ring (bicyclic) bond motifs is 1. The number of primary amides is 1. The molecule has 1 aromatic heterocycles. The first-order valence-corrected chi connectivity index (χ1v) is 9.17. The predicted molar refractivity (Wildman–Crippen MR) is 110 cm³/mol. The highest BCUT2D eigenvalue weighted by molar-refractivity contribution is 6.12. The third kappa shape index (κ3) is 4.46. The molecule has 3 rings (SSSR count). The summed E-state index contributed by atoms with van der Waals surface area (Å²) >= 11 is 0. The number of amides is 2. The minimum atomic E-state index is -0.439. The summed E-state index contributed by atoms with van der Waals surface area (Å²) in [5.74, 6) is -0.00226. The molecule has 1 heterocycles. The summed E-state index contributed by atoms with van der Waals surface area (Å²) in [4.78, 5) is 28.6. The van der Waals surface area contributed by atoms with Crippen LogP contribution in [0, 0.1) is 0 Å². The van der Waals surface area contributed by atoms with Gasteiger partial charge in [-0.15, -0.1) is 0 Å². The molecule has 2 amide bonds. The molecule has 2 aromatic carbocycles. The lowest BCUT2D eigenvalue weighted by Crippen LogP contribution is -2.16. The summed E-state index contributed by atoms with van der Waals surface area (Å²) in [5, 5.41) is 3.70. The third-order valence-electron chi connectivity index (χ3n) is 4.31. The van der Waals surface area contributed by atoms with Gasteiger partial charge >= 0.3 is 0 Å². The van der Waals surface area contributed by atoms with E-state index in [1.54, 1.807) is 24.3 Å². The SMILES string of the molecule is CC(C)c1cc(C(=O)Nc2ccccc2OCCC(N)=O)c2ccccc2n1. The number of nitrogens with one attached hydrogen (secondary N) is 1. The number of carbonyl (C=O) groups is 2. The van der Waals surface area contributed by atoms with Crippen LogP contribution in [0.4, 0.5) is 5.69 Å². The fourth-order valence-electron chi connectivity index (χ4n) is 2.83. The van der Waals surface area contributed by atoms with Crippen LogP contribution >= 0.6 is 0 Å². The van der Waals surface area contributed by atoms with E-state index in [1.807, 2.05) is 44.2 Å². The topological polar surface area (TPSA) is 94.3 Å².